The zero-order valence-electron chi connectivity index (χ0n) is 11.5. The van der Waals surface area contributed by atoms with E-state index >= 15 is 0 Å². The van der Waals surface area contributed by atoms with E-state index in [9.17, 15) is 9.59 Å². The molecule has 2 heterocycles. The Bertz CT molecular complexity index is 550. The molecule has 1 fully saturated rings. The molecule has 0 atom stereocenters. The monoisotopic (exact) mass is 328 g/mol. The van der Waals surface area contributed by atoms with Crippen molar-refractivity contribution >= 4 is 27.9 Å². The van der Waals surface area contributed by atoms with E-state index in [-0.39, 0.29) is 18.5 Å². The highest BCUT2D eigenvalue weighted by molar-refractivity contribution is 9.10. The van der Waals surface area contributed by atoms with Crippen LogP contribution in [0.15, 0.2) is 4.47 Å². The van der Waals surface area contributed by atoms with E-state index in [0.717, 1.165) is 22.3 Å². The zero-order chi connectivity index (χ0) is 14.4. The largest absolute Gasteiger partial charge is 0.325 e. The molecular weight excluding hydrogens is 312 g/mol. The molecule has 104 valence electrons. The number of aryl methyl sites for hydroxylation is 2. The Balaban J connectivity index is 2.30. The summed E-state index contributed by atoms with van der Waals surface area (Å²) in [6, 6.07) is -0.360. The van der Waals surface area contributed by atoms with Crippen LogP contribution < -0.4 is 5.32 Å². The van der Waals surface area contributed by atoms with Gasteiger partial charge in [-0.3, -0.25) is 14.4 Å². The summed E-state index contributed by atoms with van der Waals surface area (Å²) in [6.45, 7) is 5.62. The van der Waals surface area contributed by atoms with Gasteiger partial charge in [0.05, 0.1) is 22.4 Å². The van der Waals surface area contributed by atoms with Crippen LogP contribution in [0, 0.1) is 0 Å². The topological polar surface area (TPSA) is 67.2 Å². The van der Waals surface area contributed by atoms with Crippen LogP contribution >= 0.6 is 15.9 Å². The van der Waals surface area contributed by atoms with Crippen LogP contribution in [0.4, 0.5) is 4.79 Å². The lowest BCUT2D eigenvalue weighted by Crippen LogP contribution is -2.40. The molecule has 0 radical (unpaired) electrons. The number of amides is 3. The first-order valence-electron chi connectivity index (χ1n) is 6.12. The van der Waals surface area contributed by atoms with Crippen LogP contribution in [0.3, 0.4) is 0 Å². The van der Waals surface area contributed by atoms with Gasteiger partial charge in [-0.15, -0.1) is 0 Å². The van der Waals surface area contributed by atoms with Gasteiger partial charge >= 0.3 is 6.03 Å². The van der Waals surface area contributed by atoms with Crippen molar-refractivity contribution in [3.8, 4) is 0 Å². The SMILES string of the molecule is CCc1nn(C)c(CN2C(=O)NC(C)(C)C2=O)c1Br. The van der Waals surface area contributed by atoms with Gasteiger partial charge in [-0.25, -0.2) is 4.79 Å². The molecule has 2 rings (SSSR count). The summed E-state index contributed by atoms with van der Waals surface area (Å²) in [6.07, 6.45) is 0.792. The smallest absolute Gasteiger partial charge is 0.324 e. The molecule has 0 aliphatic carbocycles. The highest BCUT2D eigenvalue weighted by atomic mass is 79.9. The predicted octanol–water partition coefficient (Wildman–Crippen LogP) is 1.58. The number of halogens is 1. The van der Waals surface area contributed by atoms with Crippen molar-refractivity contribution in [1.29, 1.82) is 0 Å². The average molecular weight is 329 g/mol. The third kappa shape index (κ3) is 2.27. The van der Waals surface area contributed by atoms with Crippen LogP contribution in [0.25, 0.3) is 0 Å². The van der Waals surface area contributed by atoms with Crippen LogP contribution in [-0.2, 0) is 24.8 Å². The van der Waals surface area contributed by atoms with E-state index in [1.807, 2.05) is 14.0 Å². The Kier molecular flexibility index (Phi) is 3.42. The third-order valence-corrected chi connectivity index (χ3v) is 4.17. The van der Waals surface area contributed by atoms with Gasteiger partial charge in [-0.05, 0) is 36.2 Å². The highest BCUT2D eigenvalue weighted by Crippen LogP contribution is 2.25. The first-order chi connectivity index (χ1) is 8.77. The molecule has 0 aromatic carbocycles. The van der Waals surface area contributed by atoms with Gasteiger partial charge in [0.15, 0.2) is 0 Å². The summed E-state index contributed by atoms with van der Waals surface area (Å²) in [5.41, 5.74) is 0.900. The van der Waals surface area contributed by atoms with Gasteiger partial charge in [0.2, 0.25) is 0 Å². The fourth-order valence-corrected chi connectivity index (χ4v) is 2.84. The van der Waals surface area contributed by atoms with E-state index in [4.69, 9.17) is 0 Å². The maximum Gasteiger partial charge on any atom is 0.325 e. The molecule has 1 saturated heterocycles. The first kappa shape index (κ1) is 14.0. The molecule has 0 unspecified atom stereocenters. The second-order valence-electron chi connectivity index (χ2n) is 5.13. The second kappa shape index (κ2) is 4.63. The van der Waals surface area contributed by atoms with Crippen molar-refractivity contribution in [2.45, 2.75) is 39.3 Å². The van der Waals surface area contributed by atoms with Gasteiger partial charge in [-0.2, -0.15) is 5.10 Å². The van der Waals surface area contributed by atoms with E-state index in [2.05, 4.69) is 26.3 Å². The molecule has 0 saturated carbocycles. The number of imide groups is 1. The molecule has 7 heteroatoms. The molecule has 6 nitrogen and oxygen atoms in total. The Labute approximate surface area is 120 Å². The molecule has 1 aliphatic rings. The molecule has 1 N–H and O–H groups in total. The van der Waals surface area contributed by atoms with Gasteiger partial charge in [0, 0.05) is 7.05 Å². The van der Waals surface area contributed by atoms with Crippen molar-refractivity contribution < 1.29 is 9.59 Å². The highest BCUT2D eigenvalue weighted by Gasteiger charge is 2.44. The standard InChI is InChI=1S/C12H17BrN4O2/c1-5-7-9(13)8(16(4)15-7)6-17-10(18)12(2,3)14-11(17)19/h5-6H2,1-4H3,(H,14,19). The number of hydrogen-bond donors (Lipinski definition) is 1. The number of aromatic nitrogens is 2. The fraction of sp³-hybridized carbons (Fsp3) is 0.583. The Morgan fingerprint density at radius 2 is 2.00 bits per heavy atom. The normalized spacial score (nSPS) is 18.1. The summed E-state index contributed by atoms with van der Waals surface area (Å²) < 4.78 is 2.57. The van der Waals surface area contributed by atoms with Crippen molar-refractivity contribution in [1.82, 2.24) is 20.0 Å². The van der Waals surface area contributed by atoms with E-state index in [0.29, 0.717) is 0 Å². The van der Waals surface area contributed by atoms with Crippen molar-refractivity contribution in [3.05, 3.63) is 15.9 Å². The number of urea groups is 1. The zero-order valence-corrected chi connectivity index (χ0v) is 13.0. The quantitative estimate of drug-likeness (QED) is 0.856. The van der Waals surface area contributed by atoms with Gasteiger partial charge in [0.25, 0.3) is 5.91 Å². The van der Waals surface area contributed by atoms with Crippen molar-refractivity contribution in [2.75, 3.05) is 0 Å². The van der Waals surface area contributed by atoms with Crippen molar-refractivity contribution in [2.24, 2.45) is 7.05 Å². The second-order valence-corrected chi connectivity index (χ2v) is 5.92. The molecule has 3 amide bonds. The van der Waals surface area contributed by atoms with Gasteiger partial charge < -0.3 is 5.32 Å². The third-order valence-electron chi connectivity index (χ3n) is 3.26. The molecule has 0 spiro atoms. The summed E-state index contributed by atoms with van der Waals surface area (Å²) in [7, 11) is 1.81. The molecule has 19 heavy (non-hydrogen) atoms. The van der Waals surface area contributed by atoms with Crippen LogP contribution in [0.5, 0.6) is 0 Å². The van der Waals surface area contributed by atoms with Crippen LogP contribution in [0.1, 0.15) is 32.2 Å². The minimum atomic E-state index is -0.838. The molecule has 0 bridgehead atoms. The summed E-state index contributed by atoms with van der Waals surface area (Å²) in [5.74, 6) is -0.219. The summed E-state index contributed by atoms with van der Waals surface area (Å²) >= 11 is 3.48. The molecular formula is C12H17BrN4O2. The van der Waals surface area contributed by atoms with Crippen molar-refractivity contribution in [3.63, 3.8) is 0 Å². The number of carbonyl (C=O) groups is 2. The molecule has 1 aromatic rings. The molecule has 1 aliphatic heterocycles. The van der Waals surface area contributed by atoms with Crippen LogP contribution in [-0.4, -0.2) is 32.2 Å². The van der Waals surface area contributed by atoms with E-state index < -0.39 is 5.54 Å². The average Bonchev–Trinajstić information content (AvgIpc) is 2.69. The lowest BCUT2D eigenvalue weighted by atomic mass is 10.1. The molecule has 1 aromatic heterocycles. The Morgan fingerprint density at radius 3 is 2.42 bits per heavy atom. The first-order valence-corrected chi connectivity index (χ1v) is 6.91. The van der Waals surface area contributed by atoms with Gasteiger partial charge in [0.1, 0.15) is 5.54 Å². The maximum atomic E-state index is 12.1. The fourth-order valence-electron chi connectivity index (χ4n) is 2.10. The lowest BCUT2D eigenvalue weighted by Gasteiger charge is -2.16. The summed E-state index contributed by atoms with van der Waals surface area (Å²) in [4.78, 5) is 25.2. The van der Waals surface area contributed by atoms with Crippen LogP contribution in [0.2, 0.25) is 0 Å². The minimum Gasteiger partial charge on any atom is -0.324 e. The maximum absolute atomic E-state index is 12.1. The number of hydrogen-bond acceptors (Lipinski definition) is 3. The van der Waals surface area contributed by atoms with E-state index in [1.54, 1.807) is 18.5 Å². The Morgan fingerprint density at radius 1 is 1.37 bits per heavy atom. The number of nitrogens with zero attached hydrogens (tertiary/aromatic N) is 3. The number of rotatable bonds is 3. The Hall–Kier alpha value is -1.37. The number of nitrogens with one attached hydrogen (secondary N) is 1. The summed E-state index contributed by atoms with van der Waals surface area (Å²) in [5, 5.41) is 7.02. The number of carbonyl (C=O) groups excluding carboxylic acids is 2. The lowest BCUT2D eigenvalue weighted by molar-refractivity contribution is -0.130. The minimum absolute atomic E-state index is 0.219. The van der Waals surface area contributed by atoms with Gasteiger partial charge in [-0.1, -0.05) is 6.92 Å². The predicted molar refractivity (Wildman–Crippen MR) is 73.4 cm³/mol. The van der Waals surface area contributed by atoms with E-state index in [1.165, 1.54) is 4.90 Å².